The van der Waals surface area contributed by atoms with Gasteiger partial charge in [-0.15, -0.1) is 0 Å². The monoisotopic (exact) mass is 364 g/mol. The van der Waals surface area contributed by atoms with Gasteiger partial charge in [0.15, 0.2) is 0 Å². The highest BCUT2D eigenvalue weighted by atomic mass is 16.5. The first kappa shape index (κ1) is 18.4. The molecule has 138 valence electrons. The predicted octanol–water partition coefficient (Wildman–Crippen LogP) is 3.90. The van der Waals surface area contributed by atoms with E-state index in [2.05, 4.69) is 10.3 Å². The van der Waals surface area contributed by atoms with Crippen molar-refractivity contribution in [2.75, 3.05) is 19.5 Å². The summed E-state index contributed by atoms with van der Waals surface area (Å²) in [5.41, 5.74) is 3.83. The Morgan fingerprint density at radius 2 is 1.70 bits per heavy atom. The summed E-state index contributed by atoms with van der Waals surface area (Å²) in [6, 6.07) is 12.1. The van der Waals surface area contributed by atoms with E-state index in [0.717, 1.165) is 11.3 Å². The fourth-order valence-corrected chi connectivity index (χ4v) is 2.86. The molecule has 0 unspecified atom stereocenters. The standard InChI is InChI=1S/C21H20N2O4/c1-12-5-6-14(11-19(12)26-3)20(24)23-18-9-13(2)22-17-8-7-15(10-16(17)18)21(25)27-4/h5-11H,1-4H3,(H,22,23,24). The summed E-state index contributed by atoms with van der Waals surface area (Å²) in [6.07, 6.45) is 0. The molecule has 3 rings (SSSR count). The lowest BCUT2D eigenvalue weighted by Crippen LogP contribution is -2.13. The molecule has 2 aromatic carbocycles. The molecule has 0 atom stereocenters. The zero-order chi connectivity index (χ0) is 19.6. The first-order valence-corrected chi connectivity index (χ1v) is 8.38. The third kappa shape index (κ3) is 3.74. The van der Waals surface area contributed by atoms with E-state index < -0.39 is 5.97 Å². The number of esters is 1. The minimum atomic E-state index is -0.446. The van der Waals surface area contributed by atoms with Gasteiger partial charge in [-0.05, 0) is 55.8 Å². The second-order valence-corrected chi connectivity index (χ2v) is 6.17. The Balaban J connectivity index is 2.02. The van der Waals surface area contributed by atoms with Crippen molar-refractivity contribution in [2.24, 2.45) is 0 Å². The number of hydrogen-bond acceptors (Lipinski definition) is 5. The molecule has 0 bridgehead atoms. The van der Waals surface area contributed by atoms with E-state index in [0.29, 0.717) is 33.5 Å². The van der Waals surface area contributed by atoms with Gasteiger partial charge in [-0.1, -0.05) is 6.07 Å². The van der Waals surface area contributed by atoms with Crippen LogP contribution in [0.5, 0.6) is 5.75 Å². The van der Waals surface area contributed by atoms with Crippen LogP contribution >= 0.6 is 0 Å². The second-order valence-electron chi connectivity index (χ2n) is 6.17. The van der Waals surface area contributed by atoms with Crippen molar-refractivity contribution in [2.45, 2.75) is 13.8 Å². The number of methoxy groups -OCH3 is 2. The zero-order valence-corrected chi connectivity index (χ0v) is 15.6. The molecule has 1 N–H and O–H groups in total. The number of carbonyl (C=O) groups is 2. The Bertz CT molecular complexity index is 1040. The fourth-order valence-electron chi connectivity index (χ4n) is 2.86. The third-order valence-corrected chi connectivity index (χ3v) is 4.28. The summed E-state index contributed by atoms with van der Waals surface area (Å²) in [6.45, 7) is 3.76. The highest BCUT2D eigenvalue weighted by Gasteiger charge is 2.14. The summed E-state index contributed by atoms with van der Waals surface area (Å²) >= 11 is 0. The summed E-state index contributed by atoms with van der Waals surface area (Å²) in [7, 11) is 2.89. The molecular formula is C21H20N2O4. The summed E-state index contributed by atoms with van der Waals surface area (Å²) in [4.78, 5) is 29.0. The van der Waals surface area contributed by atoms with E-state index in [1.165, 1.54) is 7.11 Å². The molecule has 1 amide bonds. The Kier molecular flexibility index (Phi) is 5.07. The lowest BCUT2D eigenvalue weighted by Gasteiger charge is -2.12. The SMILES string of the molecule is COC(=O)c1ccc2nc(C)cc(NC(=O)c3ccc(C)c(OC)c3)c2c1. The van der Waals surface area contributed by atoms with E-state index in [1.807, 2.05) is 19.9 Å². The number of ether oxygens (including phenoxy) is 2. The normalized spacial score (nSPS) is 10.5. The first-order valence-electron chi connectivity index (χ1n) is 8.38. The highest BCUT2D eigenvalue weighted by molar-refractivity contribution is 6.09. The first-order chi connectivity index (χ1) is 12.9. The number of carbonyl (C=O) groups excluding carboxylic acids is 2. The maximum atomic E-state index is 12.7. The molecule has 0 aliphatic carbocycles. The van der Waals surface area contributed by atoms with Crippen LogP contribution in [0.25, 0.3) is 10.9 Å². The van der Waals surface area contributed by atoms with Crippen LogP contribution in [0.1, 0.15) is 32.0 Å². The van der Waals surface area contributed by atoms with Crippen LogP contribution in [0.15, 0.2) is 42.5 Å². The van der Waals surface area contributed by atoms with Crippen LogP contribution in [0.2, 0.25) is 0 Å². The van der Waals surface area contributed by atoms with Crippen molar-refractivity contribution in [1.82, 2.24) is 4.98 Å². The zero-order valence-electron chi connectivity index (χ0n) is 15.6. The molecule has 3 aromatic rings. The van der Waals surface area contributed by atoms with Gasteiger partial charge >= 0.3 is 5.97 Å². The fraction of sp³-hybridized carbons (Fsp3) is 0.190. The summed E-state index contributed by atoms with van der Waals surface area (Å²) in [5.74, 6) is -0.0758. The van der Waals surface area contributed by atoms with Crippen LogP contribution < -0.4 is 10.1 Å². The van der Waals surface area contributed by atoms with Crippen molar-refractivity contribution in [3.63, 3.8) is 0 Å². The number of anilines is 1. The third-order valence-electron chi connectivity index (χ3n) is 4.28. The van der Waals surface area contributed by atoms with E-state index in [4.69, 9.17) is 9.47 Å². The van der Waals surface area contributed by atoms with E-state index >= 15 is 0 Å². The van der Waals surface area contributed by atoms with Crippen LogP contribution in [-0.2, 0) is 4.74 Å². The van der Waals surface area contributed by atoms with Gasteiger partial charge in [0.1, 0.15) is 5.75 Å². The maximum Gasteiger partial charge on any atom is 0.337 e. The molecule has 0 aliphatic heterocycles. The molecule has 0 saturated carbocycles. The summed E-state index contributed by atoms with van der Waals surface area (Å²) in [5, 5.41) is 3.57. The number of pyridine rings is 1. The van der Waals surface area contributed by atoms with Crippen LogP contribution in [0.4, 0.5) is 5.69 Å². The number of fused-ring (bicyclic) bond motifs is 1. The topological polar surface area (TPSA) is 77.5 Å². The number of rotatable bonds is 4. The quantitative estimate of drug-likeness (QED) is 0.711. The van der Waals surface area contributed by atoms with Crippen molar-refractivity contribution < 1.29 is 19.1 Å². The molecule has 27 heavy (non-hydrogen) atoms. The van der Waals surface area contributed by atoms with Crippen molar-refractivity contribution in [1.29, 1.82) is 0 Å². The van der Waals surface area contributed by atoms with Crippen LogP contribution in [0.3, 0.4) is 0 Å². The molecule has 6 nitrogen and oxygen atoms in total. The smallest absolute Gasteiger partial charge is 0.337 e. The van der Waals surface area contributed by atoms with E-state index in [-0.39, 0.29) is 5.91 Å². The Labute approximate surface area is 157 Å². The predicted molar refractivity (Wildman–Crippen MR) is 104 cm³/mol. The number of aryl methyl sites for hydroxylation is 2. The van der Waals surface area contributed by atoms with E-state index in [1.54, 1.807) is 43.5 Å². The number of hydrogen-bond donors (Lipinski definition) is 1. The lowest BCUT2D eigenvalue weighted by molar-refractivity contribution is 0.0601. The number of benzene rings is 2. The van der Waals surface area contributed by atoms with Gasteiger partial charge in [0.05, 0.1) is 31.0 Å². The molecule has 6 heteroatoms. The summed E-state index contributed by atoms with van der Waals surface area (Å²) < 4.78 is 10.1. The molecule has 1 heterocycles. The Morgan fingerprint density at radius 1 is 0.963 bits per heavy atom. The van der Waals surface area contributed by atoms with Gasteiger partial charge in [0, 0.05) is 16.6 Å². The minimum Gasteiger partial charge on any atom is -0.496 e. The van der Waals surface area contributed by atoms with E-state index in [9.17, 15) is 9.59 Å². The maximum absolute atomic E-state index is 12.7. The van der Waals surface area contributed by atoms with Crippen LogP contribution in [-0.4, -0.2) is 31.1 Å². The minimum absolute atomic E-state index is 0.274. The average molecular weight is 364 g/mol. The van der Waals surface area contributed by atoms with Gasteiger partial charge in [-0.3, -0.25) is 9.78 Å². The highest BCUT2D eigenvalue weighted by Crippen LogP contribution is 2.26. The Hall–Kier alpha value is -3.41. The van der Waals surface area contributed by atoms with Gasteiger partial charge in [0.2, 0.25) is 0 Å². The lowest BCUT2D eigenvalue weighted by atomic mass is 10.1. The molecule has 0 fully saturated rings. The van der Waals surface area contributed by atoms with Crippen LogP contribution in [0, 0.1) is 13.8 Å². The van der Waals surface area contributed by atoms with Gasteiger partial charge in [-0.25, -0.2) is 4.79 Å². The number of aromatic nitrogens is 1. The Morgan fingerprint density at radius 3 is 2.41 bits per heavy atom. The number of amides is 1. The van der Waals surface area contributed by atoms with Crippen molar-refractivity contribution >= 4 is 28.5 Å². The van der Waals surface area contributed by atoms with Gasteiger partial charge in [-0.2, -0.15) is 0 Å². The van der Waals surface area contributed by atoms with Crippen molar-refractivity contribution in [3.05, 3.63) is 64.8 Å². The van der Waals surface area contributed by atoms with Crippen molar-refractivity contribution in [3.8, 4) is 5.75 Å². The number of nitrogens with zero attached hydrogens (tertiary/aromatic N) is 1. The average Bonchev–Trinajstić information content (AvgIpc) is 2.67. The molecule has 0 radical (unpaired) electrons. The van der Waals surface area contributed by atoms with Gasteiger partial charge < -0.3 is 14.8 Å². The molecule has 1 aromatic heterocycles. The van der Waals surface area contributed by atoms with Gasteiger partial charge in [0.25, 0.3) is 5.91 Å². The molecule has 0 aliphatic rings. The molecule has 0 spiro atoms. The second kappa shape index (κ2) is 7.45. The molecule has 0 saturated heterocycles. The largest absolute Gasteiger partial charge is 0.496 e. The number of nitrogens with one attached hydrogen (secondary N) is 1. The molecular weight excluding hydrogens is 344 g/mol.